The largest absolute Gasteiger partial charge is 0.382 e. The van der Waals surface area contributed by atoms with Crippen molar-refractivity contribution in [2.24, 2.45) is 0 Å². The zero-order chi connectivity index (χ0) is 7.84. The van der Waals surface area contributed by atoms with E-state index < -0.39 is 5.95 Å². The van der Waals surface area contributed by atoms with Gasteiger partial charge in [0, 0.05) is 11.6 Å². The fourth-order valence-corrected chi connectivity index (χ4v) is 0.932. The fraction of sp³-hybridized carbons (Fsp3) is 0. The lowest BCUT2D eigenvalue weighted by Crippen LogP contribution is -1.84. The van der Waals surface area contributed by atoms with Crippen LogP contribution in [0.1, 0.15) is 0 Å². The summed E-state index contributed by atoms with van der Waals surface area (Å²) in [5.41, 5.74) is 5.66. The number of fused-ring (bicyclic) bond motifs is 1. The number of hydrogen-bond donors (Lipinski definition) is 2. The number of pyridine rings is 1. The second kappa shape index (κ2) is 1.91. The lowest BCUT2D eigenvalue weighted by molar-refractivity contribution is 0.593. The van der Waals surface area contributed by atoms with Gasteiger partial charge in [-0.2, -0.15) is 9.49 Å². The summed E-state index contributed by atoms with van der Waals surface area (Å²) in [6.07, 6.45) is 1.35. The quantitative estimate of drug-likeness (QED) is 0.545. The molecule has 0 radical (unpaired) electrons. The summed E-state index contributed by atoms with van der Waals surface area (Å²) in [7, 11) is 0. The highest BCUT2D eigenvalue weighted by atomic mass is 19.1. The lowest BCUT2D eigenvalue weighted by Gasteiger charge is -1.88. The van der Waals surface area contributed by atoms with Crippen molar-refractivity contribution in [3.8, 4) is 0 Å². The van der Waals surface area contributed by atoms with Crippen molar-refractivity contribution in [1.82, 2.24) is 15.2 Å². The van der Waals surface area contributed by atoms with E-state index in [-0.39, 0.29) is 5.52 Å². The van der Waals surface area contributed by atoms with Crippen LogP contribution < -0.4 is 5.73 Å². The molecular formula is C6H5FN4. The zero-order valence-corrected chi connectivity index (χ0v) is 5.50. The van der Waals surface area contributed by atoms with Crippen molar-refractivity contribution in [2.75, 3.05) is 5.73 Å². The maximum Gasteiger partial charge on any atom is 0.238 e. The third-order valence-corrected chi connectivity index (χ3v) is 1.47. The van der Waals surface area contributed by atoms with E-state index >= 15 is 0 Å². The predicted octanol–water partition coefficient (Wildman–Crippen LogP) is 0.679. The van der Waals surface area contributed by atoms with E-state index in [1.807, 2.05) is 0 Å². The summed E-state index contributed by atoms with van der Waals surface area (Å²) < 4.78 is 12.8. The van der Waals surface area contributed by atoms with Crippen LogP contribution in [0, 0.1) is 5.95 Å². The van der Waals surface area contributed by atoms with Crippen LogP contribution in [0.2, 0.25) is 0 Å². The Labute approximate surface area is 61.2 Å². The van der Waals surface area contributed by atoms with Gasteiger partial charge >= 0.3 is 0 Å². The molecular weight excluding hydrogens is 147 g/mol. The summed E-state index contributed by atoms with van der Waals surface area (Å²) in [4.78, 5) is 3.43. The molecule has 2 rings (SSSR count). The van der Waals surface area contributed by atoms with Gasteiger partial charge in [-0.3, -0.25) is 5.10 Å². The molecule has 0 saturated heterocycles. The van der Waals surface area contributed by atoms with Crippen LogP contribution >= 0.6 is 0 Å². The summed E-state index contributed by atoms with van der Waals surface area (Å²) >= 11 is 0. The Balaban J connectivity index is 2.94. The molecule has 56 valence electrons. The molecule has 0 aliphatic carbocycles. The monoisotopic (exact) mass is 152 g/mol. The standard InChI is InChI=1S/C6H5FN4/c7-5-4-3(1-2-9-5)6(8)11-10-4/h1-2H,(H3,8,10,11). The third-order valence-electron chi connectivity index (χ3n) is 1.47. The van der Waals surface area contributed by atoms with Gasteiger partial charge in [0.25, 0.3) is 0 Å². The molecule has 0 bridgehead atoms. The average molecular weight is 152 g/mol. The number of aromatic amines is 1. The molecule has 0 spiro atoms. The first kappa shape index (κ1) is 6.09. The van der Waals surface area contributed by atoms with Gasteiger partial charge in [-0.1, -0.05) is 0 Å². The lowest BCUT2D eigenvalue weighted by atomic mass is 10.3. The van der Waals surface area contributed by atoms with E-state index in [0.29, 0.717) is 11.2 Å². The maximum absolute atomic E-state index is 12.8. The van der Waals surface area contributed by atoms with Crippen LogP contribution in [0.4, 0.5) is 10.2 Å². The number of anilines is 1. The molecule has 0 aromatic carbocycles. The van der Waals surface area contributed by atoms with Crippen molar-refractivity contribution in [1.29, 1.82) is 0 Å². The molecule has 4 nitrogen and oxygen atoms in total. The summed E-state index contributed by atoms with van der Waals surface area (Å²) in [5, 5.41) is 6.64. The number of nitrogens with two attached hydrogens (primary N) is 1. The minimum absolute atomic E-state index is 0.255. The molecule has 0 fully saturated rings. The fourth-order valence-electron chi connectivity index (χ4n) is 0.932. The van der Waals surface area contributed by atoms with Crippen LogP contribution in [-0.2, 0) is 0 Å². The summed E-state index contributed by atoms with van der Waals surface area (Å²) in [6.45, 7) is 0. The van der Waals surface area contributed by atoms with Gasteiger partial charge in [0.1, 0.15) is 5.52 Å². The van der Waals surface area contributed by atoms with Crippen LogP contribution in [0.25, 0.3) is 10.9 Å². The van der Waals surface area contributed by atoms with Gasteiger partial charge in [-0.05, 0) is 6.07 Å². The smallest absolute Gasteiger partial charge is 0.238 e. The minimum atomic E-state index is -0.577. The van der Waals surface area contributed by atoms with Crippen molar-refractivity contribution in [3.05, 3.63) is 18.2 Å². The molecule has 0 aliphatic rings. The predicted molar refractivity (Wildman–Crippen MR) is 38.3 cm³/mol. The van der Waals surface area contributed by atoms with E-state index in [4.69, 9.17) is 5.73 Å². The first-order valence-electron chi connectivity index (χ1n) is 3.03. The Hall–Kier alpha value is -1.65. The Bertz CT molecular complexity index is 394. The van der Waals surface area contributed by atoms with Gasteiger partial charge in [-0.15, -0.1) is 0 Å². The molecule has 11 heavy (non-hydrogen) atoms. The van der Waals surface area contributed by atoms with Crippen molar-refractivity contribution in [2.45, 2.75) is 0 Å². The number of aromatic nitrogens is 3. The Kier molecular flexibility index (Phi) is 1.06. The van der Waals surface area contributed by atoms with E-state index in [2.05, 4.69) is 15.2 Å². The summed E-state index contributed by atoms with van der Waals surface area (Å²) in [5.74, 6) is -0.284. The average Bonchev–Trinajstić information content (AvgIpc) is 2.35. The van der Waals surface area contributed by atoms with E-state index in [1.165, 1.54) is 6.20 Å². The number of H-pyrrole nitrogens is 1. The van der Waals surface area contributed by atoms with Crippen LogP contribution in [0.15, 0.2) is 12.3 Å². The van der Waals surface area contributed by atoms with Gasteiger partial charge in [0.15, 0.2) is 5.82 Å². The van der Waals surface area contributed by atoms with E-state index in [9.17, 15) is 4.39 Å². The number of nitrogens with one attached hydrogen (secondary N) is 1. The molecule has 2 heterocycles. The zero-order valence-electron chi connectivity index (χ0n) is 5.50. The molecule has 5 heteroatoms. The number of nitrogens with zero attached hydrogens (tertiary/aromatic N) is 2. The first-order valence-corrected chi connectivity index (χ1v) is 3.03. The van der Waals surface area contributed by atoms with E-state index in [0.717, 1.165) is 0 Å². The molecule has 0 amide bonds. The number of nitrogen functional groups attached to an aromatic ring is 1. The van der Waals surface area contributed by atoms with Gasteiger partial charge in [0.05, 0.1) is 0 Å². The molecule has 0 saturated carbocycles. The Morgan fingerprint density at radius 3 is 3.09 bits per heavy atom. The second-order valence-corrected chi connectivity index (χ2v) is 2.13. The number of hydrogen-bond acceptors (Lipinski definition) is 3. The highest BCUT2D eigenvalue weighted by Gasteiger charge is 2.05. The highest BCUT2D eigenvalue weighted by molar-refractivity contribution is 5.87. The molecule has 0 unspecified atom stereocenters. The number of rotatable bonds is 0. The topological polar surface area (TPSA) is 67.6 Å². The van der Waals surface area contributed by atoms with Crippen LogP contribution in [0.5, 0.6) is 0 Å². The normalized spacial score (nSPS) is 10.6. The van der Waals surface area contributed by atoms with Crippen LogP contribution in [0.3, 0.4) is 0 Å². The summed E-state index contributed by atoms with van der Waals surface area (Å²) in [6, 6.07) is 1.61. The van der Waals surface area contributed by atoms with Gasteiger partial charge in [-0.25, -0.2) is 4.98 Å². The molecule has 0 atom stereocenters. The molecule has 2 aromatic rings. The van der Waals surface area contributed by atoms with E-state index in [1.54, 1.807) is 6.07 Å². The first-order chi connectivity index (χ1) is 5.29. The molecule has 2 aromatic heterocycles. The Morgan fingerprint density at radius 1 is 1.55 bits per heavy atom. The van der Waals surface area contributed by atoms with Crippen molar-refractivity contribution in [3.63, 3.8) is 0 Å². The van der Waals surface area contributed by atoms with Crippen molar-refractivity contribution >= 4 is 16.7 Å². The van der Waals surface area contributed by atoms with Gasteiger partial charge in [0.2, 0.25) is 5.95 Å². The Morgan fingerprint density at radius 2 is 2.36 bits per heavy atom. The third kappa shape index (κ3) is 0.739. The maximum atomic E-state index is 12.8. The highest BCUT2D eigenvalue weighted by Crippen LogP contribution is 2.17. The SMILES string of the molecule is Nc1n[nH]c2c(F)nccc12. The van der Waals surface area contributed by atoms with Crippen molar-refractivity contribution < 1.29 is 4.39 Å². The number of halogens is 1. The second-order valence-electron chi connectivity index (χ2n) is 2.13. The van der Waals surface area contributed by atoms with Crippen LogP contribution in [-0.4, -0.2) is 15.2 Å². The van der Waals surface area contributed by atoms with Gasteiger partial charge < -0.3 is 5.73 Å². The molecule has 3 N–H and O–H groups in total. The molecule has 0 aliphatic heterocycles. The minimum Gasteiger partial charge on any atom is -0.382 e.